The Morgan fingerprint density at radius 2 is 2.21 bits per heavy atom. The molecule has 0 unspecified atom stereocenters. The average Bonchev–Trinajstić information content (AvgIpc) is 3.20. The highest BCUT2D eigenvalue weighted by Crippen LogP contribution is 2.19. The molecule has 0 radical (unpaired) electrons. The number of anilines is 1. The molecule has 0 bridgehead atoms. The fourth-order valence-electron chi connectivity index (χ4n) is 2.22. The van der Waals surface area contributed by atoms with Crippen LogP contribution in [0.2, 0.25) is 5.02 Å². The van der Waals surface area contributed by atoms with E-state index in [0.29, 0.717) is 22.8 Å². The summed E-state index contributed by atoms with van der Waals surface area (Å²) in [4.78, 5) is 16.2. The van der Waals surface area contributed by atoms with E-state index in [1.54, 1.807) is 23.0 Å². The van der Waals surface area contributed by atoms with Crippen LogP contribution in [-0.4, -0.2) is 30.5 Å². The monoisotopic (exact) mass is 348 g/mol. The first-order chi connectivity index (χ1) is 11.6. The lowest BCUT2D eigenvalue weighted by Crippen LogP contribution is -2.18. The fourth-order valence-corrected chi connectivity index (χ4v) is 2.44. The summed E-state index contributed by atoms with van der Waals surface area (Å²) >= 11 is 5.99. The van der Waals surface area contributed by atoms with Gasteiger partial charge in [-0.15, -0.1) is 5.10 Å². The Labute approximate surface area is 142 Å². The molecule has 3 aromatic rings. The van der Waals surface area contributed by atoms with Crippen LogP contribution in [0, 0.1) is 5.82 Å². The van der Waals surface area contributed by atoms with Crippen molar-refractivity contribution in [3.8, 4) is 0 Å². The number of amides is 1. The summed E-state index contributed by atoms with van der Waals surface area (Å²) in [5.74, 6) is -0.664. The predicted molar refractivity (Wildman–Crippen MR) is 86.4 cm³/mol. The van der Waals surface area contributed by atoms with Gasteiger partial charge in [0.2, 0.25) is 5.95 Å². The van der Waals surface area contributed by atoms with Gasteiger partial charge in [-0.3, -0.25) is 14.8 Å². The third-order valence-electron chi connectivity index (χ3n) is 3.39. The van der Waals surface area contributed by atoms with Gasteiger partial charge >= 0.3 is 0 Å². The van der Waals surface area contributed by atoms with Gasteiger partial charge in [0.15, 0.2) is 0 Å². The largest absolute Gasteiger partial charge is 0.288 e. The number of aryl methyl sites for hydroxylation is 1. The topological polar surface area (TPSA) is 77.6 Å². The van der Waals surface area contributed by atoms with Crippen LogP contribution < -0.4 is 5.32 Å². The number of rotatable bonds is 5. The first-order valence-corrected chi connectivity index (χ1v) is 7.61. The summed E-state index contributed by atoms with van der Waals surface area (Å²) in [5, 5.41) is 11.0. The third-order valence-corrected chi connectivity index (χ3v) is 3.75. The van der Waals surface area contributed by atoms with Gasteiger partial charge in [0.1, 0.15) is 17.8 Å². The van der Waals surface area contributed by atoms with Crippen molar-refractivity contribution < 1.29 is 9.18 Å². The maximum absolute atomic E-state index is 13.8. The number of benzene rings is 1. The van der Waals surface area contributed by atoms with E-state index in [1.807, 2.05) is 6.92 Å². The molecular weight excluding hydrogens is 335 g/mol. The van der Waals surface area contributed by atoms with Crippen LogP contribution in [0.1, 0.15) is 23.0 Å². The molecule has 0 saturated heterocycles. The van der Waals surface area contributed by atoms with Gasteiger partial charge < -0.3 is 0 Å². The Morgan fingerprint density at radius 3 is 2.96 bits per heavy atom. The van der Waals surface area contributed by atoms with Crippen LogP contribution >= 0.6 is 11.6 Å². The molecule has 2 aromatic heterocycles. The summed E-state index contributed by atoms with van der Waals surface area (Å²) in [6.45, 7) is 2.57. The van der Waals surface area contributed by atoms with Gasteiger partial charge in [0.05, 0.1) is 6.54 Å². The SMILES string of the molecule is CCn1nccc1C(=O)Nc1ncn(Cc2c(F)cccc2Cl)n1. The van der Waals surface area contributed by atoms with E-state index in [4.69, 9.17) is 11.6 Å². The molecule has 24 heavy (non-hydrogen) atoms. The lowest BCUT2D eigenvalue weighted by atomic mass is 10.2. The Morgan fingerprint density at radius 1 is 1.38 bits per heavy atom. The van der Waals surface area contributed by atoms with Crippen molar-refractivity contribution in [2.24, 2.45) is 0 Å². The van der Waals surface area contributed by atoms with E-state index >= 15 is 0 Å². The summed E-state index contributed by atoms with van der Waals surface area (Å²) in [6.07, 6.45) is 2.94. The predicted octanol–water partition coefficient (Wildman–Crippen LogP) is 2.59. The van der Waals surface area contributed by atoms with E-state index < -0.39 is 5.82 Å². The van der Waals surface area contributed by atoms with Crippen molar-refractivity contribution in [2.75, 3.05) is 5.32 Å². The van der Waals surface area contributed by atoms with Crippen molar-refractivity contribution in [1.29, 1.82) is 0 Å². The van der Waals surface area contributed by atoms with Crippen LogP contribution in [0.3, 0.4) is 0 Å². The number of aromatic nitrogens is 5. The standard InChI is InChI=1S/C15H14ClFN6O/c1-2-23-13(6-7-19-23)14(24)20-15-18-9-22(21-15)8-10-11(16)4-3-5-12(10)17/h3-7,9H,2,8H2,1H3,(H,20,21,24). The smallest absolute Gasteiger partial charge is 0.276 e. The average molecular weight is 349 g/mol. The second kappa shape index (κ2) is 6.79. The van der Waals surface area contributed by atoms with E-state index in [0.717, 1.165) is 0 Å². The molecule has 9 heteroatoms. The number of carbonyl (C=O) groups is 1. The lowest BCUT2D eigenvalue weighted by Gasteiger charge is -2.05. The molecule has 0 atom stereocenters. The highest BCUT2D eigenvalue weighted by molar-refractivity contribution is 6.31. The zero-order valence-corrected chi connectivity index (χ0v) is 13.5. The first-order valence-electron chi connectivity index (χ1n) is 7.24. The molecule has 3 rings (SSSR count). The van der Waals surface area contributed by atoms with Crippen molar-refractivity contribution in [3.05, 3.63) is 58.9 Å². The van der Waals surface area contributed by atoms with Gasteiger partial charge in [0, 0.05) is 23.3 Å². The van der Waals surface area contributed by atoms with Gasteiger partial charge in [0.25, 0.3) is 5.91 Å². The van der Waals surface area contributed by atoms with Crippen LogP contribution in [0.15, 0.2) is 36.8 Å². The Balaban J connectivity index is 1.73. The van der Waals surface area contributed by atoms with Crippen molar-refractivity contribution >= 4 is 23.5 Å². The third kappa shape index (κ3) is 3.28. The number of carbonyl (C=O) groups excluding carboxylic acids is 1. The minimum absolute atomic E-state index is 0.112. The van der Waals surface area contributed by atoms with Gasteiger partial charge in [-0.1, -0.05) is 17.7 Å². The lowest BCUT2D eigenvalue weighted by molar-refractivity contribution is 0.101. The second-order valence-corrected chi connectivity index (χ2v) is 5.36. The van der Waals surface area contributed by atoms with Gasteiger partial charge in [-0.2, -0.15) is 5.10 Å². The molecule has 1 amide bonds. The van der Waals surface area contributed by atoms with Crippen LogP contribution in [0.25, 0.3) is 0 Å². The summed E-state index contributed by atoms with van der Waals surface area (Å²) in [5.41, 5.74) is 0.719. The van der Waals surface area contributed by atoms with E-state index in [-0.39, 0.29) is 18.4 Å². The summed E-state index contributed by atoms with van der Waals surface area (Å²) in [7, 11) is 0. The van der Waals surface area contributed by atoms with E-state index in [1.165, 1.54) is 23.1 Å². The van der Waals surface area contributed by atoms with Crippen molar-refractivity contribution in [3.63, 3.8) is 0 Å². The molecule has 0 spiro atoms. The molecule has 1 aromatic carbocycles. The Hall–Kier alpha value is -2.74. The van der Waals surface area contributed by atoms with Crippen LogP contribution in [-0.2, 0) is 13.1 Å². The fraction of sp³-hybridized carbons (Fsp3) is 0.200. The van der Waals surface area contributed by atoms with Gasteiger partial charge in [-0.05, 0) is 25.1 Å². The molecule has 2 heterocycles. The summed E-state index contributed by atoms with van der Waals surface area (Å²) in [6, 6.07) is 6.07. The molecular formula is C15H14ClFN6O. The highest BCUT2D eigenvalue weighted by atomic mass is 35.5. The molecule has 1 N–H and O–H groups in total. The molecule has 0 saturated carbocycles. The van der Waals surface area contributed by atoms with Gasteiger partial charge in [-0.25, -0.2) is 14.1 Å². The number of nitrogens with zero attached hydrogens (tertiary/aromatic N) is 5. The number of halogens is 2. The minimum Gasteiger partial charge on any atom is -0.288 e. The number of nitrogens with one attached hydrogen (secondary N) is 1. The number of hydrogen-bond donors (Lipinski definition) is 1. The zero-order valence-electron chi connectivity index (χ0n) is 12.8. The Bertz CT molecular complexity index is 854. The van der Waals surface area contributed by atoms with E-state index in [9.17, 15) is 9.18 Å². The van der Waals surface area contributed by atoms with Crippen LogP contribution in [0.4, 0.5) is 10.3 Å². The van der Waals surface area contributed by atoms with E-state index in [2.05, 4.69) is 20.5 Å². The normalized spacial score (nSPS) is 10.8. The molecule has 0 aliphatic heterocycles. The number of hydrogen-bond acceptors (Lipinski definition) is 4. The van der Waals surface area contributed by atoms with Crippen LogP contribution in [0.5, 0.6) is 0 Å². The quantitative estimate of drug-likeness (QED) is 0.768. The highest BCUT2D eigenvalue weighted by Gasteiger charge is 2.14. The maximum Gasteiger partial charge on any atom is 0.276 e. The molecule has 124 valence electrons. The van der Waals surface area contributed by atoms with Crippen molar-refractivity contribution in [1.82, 2.24) is 24.5 Å². The zero-order chi connectivity index (χ0) is 17.1. The Kier molecular flexibility index (Phi) is 4.57. The minimum atomic E-state index is -0.421. The summed E-state index contributed by atoms with van der Waals surface area (Å²) < 4.78 is 16.8. The molecule has 0 aliphatic rings. The van der Waals surface area contributed by atoms with Crippen molar-refractivity contribution in [2.45, 2.75) is 20.0 Å². The first kappa shape index (κ1) is 16.1. The molecule has 7 nitrogen and oxygen atoms in total. The molecule has 0 aliphatic carbocycles. The second-order valence-electron chi connectivity index (χ2n) is 4.95. The maximum atomic E-state index is 13.8. The molecule has 0 fully saturated rings.